The molecule has 3 aromatic heterocycles. The van der Waals surface area contributed by atoms with Crippen LogP contribution in [0.2, 0.25) is 0 Å². The lowest BCUT2D eigenvalue weighted by atomic mass is 10.2. The Balaban J connectivity index is 1.54. The summed E-state index contributed by atoms with van der Waals surface area (Å²) in [6.45, 7) is 0. The molecule has 0 saturated carbocycles. The second-order valence-electron chi connectivity index (χ2n) is 6.49. The summed E-state index contributed by atoms with van der Waals surface area (Å²) >= 11 is 2.88. The van der Waals surface area contributed by atoms with Gasteiger partial charge >= 0.3 is 0 Å². The van der Waals surface area contributed by atoms with Gasteiger partial charge in [0.1, 0.15) is 0 Å². The highest BCUT2D eigenvalue weighted by Crippen LogP contribution is 2.26. The van der Waals surface area contributed by atoms with E-state index < -0.39 is 0 Å². The average molecular weight is 444 g/mol. The molecule has 9 heteroatoms. The molecule has 2 aromatic carbocycles. The number of nitriles is 1. The van der Waals surface area contributed by atoms with E-state index in [0.717, 1.165) is 4.88 Å². The fourth-order valence-electron chi connectivity index (χ4n) is 3.07. The number of para-hydroxylation sites is 1. The highest BCUT2D eigenvalue weighted by atomic mass is 32.2. The number of fused-ring (bicyclic) bond motifs is 1. The molecule has 0 bridgehead atoms. The third-order valence-corrected chi connectivity index (χ3v) is 6.32. The number of aromatic nitrogens is 4. The Bertz CT molecular complexity index is 1460. The predicted octanol–water partition coefficient (Wildman–Crippen LogP) is 4.66. The first-order chi connectivity index (χ1) is 15.2. The van der Waals surface area contributed by atoms with Crippen molar-refractivity contribution in [3.8, 4) is 22.5 Å². The van der Waals surface area contributed by atoms with Crippen molar-refractivity contribution >= 4 is 34.0 Å². The topological polar surface area (TPSA) is 97.6 Å². The Morgan fingerprint density at radius 2 is 1.90 bits per heavy atom. The Kier molecular flexibility index (Phi) is 5.08. The monoisotopic (exact) mass is 443 g/mol. The fourth-order valence-corrected chi connectivity index (χ4v) is 4.57. The van der Waals surface area contributed by atoms with Crippen LogP contribution >= 0.6 is 23.1 Å². The molecule has 7 nitrogen and oxygen atoms in total. The summed E-state index contributed by atoms with van der Waals surface area (Å²) in [5, 5.41) is 16.1. The summed E-state index contributed by atoms with van der Waals surface area (Å²) in [5.41, 5.74) is 1.59. The second kappa shape index (κ2) is 8.18. The predicted molar refractivity (Wildman–Crippen MR) is 119 cm³/mol. The van der Waals surface area contributed by atoms with Crippen molar-refractivity contribution in [3.05, 3.63) is 87.9 Å². The van der Waals surface area contributed by atoms with Crippen LogP contribution in [0, 0.1) is 11.3 Å². The minimum absolute atomic E-state index is 0.178. The largest absolute Gasteiger partial charge is 0.338 e. The molecule has 0 unspecified atom stereocenters. The summed E-state index contributed by atoms with van der Waals surface area (Å²) in [4.78, 5) is 23.3. The lowest BCUT2D eigenvalue weighted by molar-refractivity contribution is 0.391. The van der Waals surface area contributed by atoms with Gasteiger partial charge < -0.3 is 4.52 Å². The van der Waals surface area contributed by atoms with Crippen molar-refractivity contribution in [2.75, 3.05) is 0 Å². The van der Waals surface area contributed by atoms with Crippen LogP contribution in [-0.4, -0.2) is 19.7 Å². The summed E-state index contributed by atoms with van der Waals surface area (Å²) in [6, 6.07) is 20.0. The van der Waals surface area contributed by atoms with E-state index >= 15 is 0 Å². The smallest absolute Gasteiger partial charge is 0.266 e. The maximum atomic E-state index is 13.3. The van der Waals surface area contributed by atoms with Crippen LogP contribution in [0.15, 0.2) is 80.5 Å². The van der Waals surface area contributed by atoms with Crippen LogP contribution in [0.5, 0.6) is 0 Å². The first-order valence-corrected chi connectivity index (χ1v) is 11.1. The third-order valence-electron chi connectivity index (χ3n) is 4.53. The zero-order chi connectivity index (χ0) is 21.2. The SMILES string of the molecule is N#Cc1ccc(-n2c(SCc3nc(-c4cccs4)no3)nc3ccccc3c2=O)cc1. The maximum absolute atomic E-state index is 13.3. The molecule has 3 heterocycles. The molecular weight excluding hydrogens is 430 g/mol. The van der Waals surface area contributed by atoms with E-state index in [-0.39, 0.29) is 5.56 Å². The first kappa shape index (κ1) is 19.2. The van der Waals surface area contributed by atoms with Crippen molar-refractivity contribution in [1.29, 1.82) is 5.26 Å². The van der Waals surface area contributed by atoms with E-state index in [0.29, 0.717) is 44.8 Å². The maximum Gasteiger partial charge on any atom is 0.266 e. The van der Waals surface area contributed by atoms with Gasteiger partial charge in [0.25, 0.3) is 5.56 Å². The van der Waals surface area contributed by atoms with Gasteiger partial charge in [-0.25, -0.2) is 4.98 Å². The van der Waals surface area contributed by atoms with Crippen LogP contribution in [0.25, 0.3) is 27.3 Å². The molecule has 150 valence electrons. The molecule has 0 fully saturated rings. The third kappa shape index (κ3) is 3.74. The molecule has 0 saturated heterocycles. The number of rotatable bonds is 5. The molecule has 0 N–H and O–H groups in total. The summed E-state index contributed by atoms with van der Waals surface area (Å²) in [6.07, 6.45) is 0. The van der Waals surface area contributed by atoms with Gasteiger partial charge in [0, 0.05) is 0 Å². The summed E-state index contributed by atoms with van der Waals surface area (Å²) < 4.78 is 6.92. The molecule has 0 aliphatic carbocycles. The lowest BCUT2D eigenvalue weighted by Gasteiger charge is -2.12. The Morgan fingerprint density at radius 1 is 1.06 bits per heavy atom. The number of hydrogen-bond donors (Lipinski definition) is 0. The minimum Gasteiger partial charge on any atom is -0.338 e. The van der Waals surface area contributed by atoms with E-state index in [4.69, 9.17) is 14.8 Å². The second-order valence-corrected chi connectivity index (χ2v) is 8.38. The van der Waals surface area contributed by atoms with Gasteiger partial charge in [-0.3, -0.25) is 9.36 Å². The molecule has 31 heavy (non-hydrogen) atoms. The Labute approximate surface area is 184 Å². The van der Waals surface area contributed by atoms with Gasteiger partial charge in [-0.1, -0.05) is 35.1 Å². The molecule has 0 atom stereocenters. The van der Waals surface area contributed by atoms with Crippen LogP contribution in [0.1, 0.15) is 11.5 Å². The van der Waals surface area contributed by atoms with Crippen LogP contribution < -0.4 is 5.56 Å². The zero-order valence-electron chi connectivity index (χ0n) is 15.9. The number of nitrogens with zero attached hydrogens (tertiary/aromatic N) is 5. The molecule has 0 radical (unpaired) electrons. The van der Waals surface area contributed by atoms with Crippen molar-refractivity contribution < 1.29 is 4.52 Å². The summed E-state index contributed by atoms with van der Waals surface area (Å²) in [5.74, 6) is 1.35. The Hall–Kier alpha value is -3.74. The van der Waals surface area contributed by atoms with E-state index in [1.165, 1.54) is 23.1 Å². The molecule has 0 aliphatic heterocycles. The van der Waals surface area contributed by atoms with E-state index in [1.54, 1.807) is 34.9 Å². The normalized spacial score (nSPS) is 10.9. The molecule has 0 aliphatic rings. The van der Waals surface area contributed by atoms with Gasteiger partial charge in [0.2, 0.25) is 11.7 Å². The molecule has 5 aromatic rings. The van der Waals surface area contributed by atoms with Gasteiger partial charge in [-0.2, -0.15) is 10.2 Å². The quantitative estimate of drug-likeness (QED) is 0.288. The van der Waals surface area contributed by atoms with Crippen molar-refractivity contribution in [3.63, 3.8) is 0 Å². The zero-order valence-corrected chi connectivity index (χ0v) is 17.6. The van der Waals surface area contributed by atoms with Crippen molar-refractivity contribution in [1.82, 2.24) is 19.7 Å². The van der Waals surface area contributed by atoms with Gasteiger partial charge in [-0.05, 0) is 47.8 Å². The number of thiophene rings is 1. The van der Waals surface area contributed by atoms with Crippen LogP contribution in [-0.2, 0) is 5.75 Å². The number of hydrogen-bond acceptors (Lipinski definition) is 8. The highest BCUT2D eigenvalue weighted by molar-refractivity contribution is 7.98. The van der Waals surface area contributed by atoms with Gasteiger partial charge in [0.15, 0.2) is 5.16 Å². The fraction of sp³-hybridized carbons (Fsp3) is 0.0455. The van der Waals surface area contributed by atoms with Crippen LogP contribution in [0.4, 0.5) is 0 Å². The van der Waals surface area contributed by atoms with E-state index in [9.17, 15) is 4.79 Å². The van der Waals surface area contributed by atoms with Gasteiger partial charge in [0.05, 0.1) is 38.9 Å². The van der Waals surface area contributed by atoms with Gasteiger partial charge in [-0.15, -0.1) is 11.3 Å². The van der Waals surface area contributed by atoms with Crippen molar-refractivity contribution in [2.24, 2.45) is 0 Å². The number of thioether (sulfide) groups is 1. The lowest BCUT2D eigenvalue weighted by Crippen LogP contribution is -2.21. The van der Waals surface area contributed by atoms with E-state index in [1.807, 2.05) is 35.7 Å². The van der Waals surface area contributed by atoms with Crippen molar-refractivity contribution in [2.45, 2.75) is 10.9 Å². The number of benzene rings is 2. The molecule has 0 amide bonds. The van der Waals surface area contributed by atoms with E-state index in [2.05, 4.69) is 16.2 Å². The first-order valence-electron chi connectivity index (χ1n) is 9.24. The standard InChI is InChI=1S/C22H13N5O2S2/c23-12-14-7-9-15(10-8-14)27-21(28)16-4-1-2-5-17(16)24-22(27)31-13-19-25-20(26-29-19)18-6-3-11-30-18/h1-11H,13H2. The summed E-state index contributed by atoms with van der Waals surface area (Å²) in [7, 11) is 0. The highest BCUT2D eigenvalue weighted by Gasteiger charge is 2.16. The Morgan fingerprint density at radius 3 is 2.68 bits per heavy atom. The minimum atomic E-state index is -0.178. The molecular formula is C22H13N5O2S2. The molecule has 0 spiro atoms. The molecule has 5 rings (SSSR count). The van der Waals surface area contributed by atoms with Crippen LogP contribution in [0.3, 0.4) is 0 Å². The average Bonchev–Trinajstić information content (AvgIpc) is 3.50.